The maximum absolute atomic E-state index is 13.2. The minimum Gasteiger partial charge on any atom is -0.379 e. The zero-order valence-corrected chi connectivity index (χ0v) is 9.29. The van der Waals surface area contributed by atoms with Crippen LogP contribution >= 0.6 is 0 Å². The lowest BCUT2D eigenvalue weighted by molar-refractivity contribution is 0.179. The van der Waals surface area contributed by atoms with Crippen LogP contribution in [0.5, 0.6) is 0 Å². The van der Waals surface area contributed by atoms with Gasteiger partial charge in [0.1, 0.15) is 5.69 Å². The van der Waals surface area contributed by atoms with Gasteiger partial charge in [-0.3, -0.25) is 0 Å². The highest BCUT2D eigenvalue weighted by molar-refractivity contribution is 5.45. The van der Waals surface area contributed by atoms with Gasteiger partial charge in [-0.2, -0.15) is 22.5 Å². The molecule has 6 heteroatoms. The quantitative estimate of drug-likeness (QED) is 0.656. The van der Waals surface area contributed by atoms with Crippen LogP contribution in [0.2, 0.25) is 0 Å². The van der Waals surface area contributed by atoms with Crippen LogP contribution in [0.3, 0.4) is 0 Å². The molecule has 0 aliphatic heterocycles. The lowest BCUT2D eigenvalue weighted by atomic mass is 9.70. The van der Waals surface area contributed by atoms with Crippen molar-refractivity contribution in [1.29, 1.82) is 0 Å². The Bertz CT molecular complexity index is 417. The molecule has 1 aromatic heterocycles. The fraction of sp³-hybridized carbons (Fsp3) is 0.545. The van der Waals surface area contributed by atoms with Crippen LogP contribution in [-0.4, -0.2) is 11.5 Å². The first kappa shape index (κ1) is 12.1. The van der Waals surface area contributed by atoms with Gasteiger partial charge in [0.25, 0.3) is 11.9 Å². The zero-order chi connectivity index (χ0) is 12.6. The number of rotatable bonds is 3. The van der Waals surface area contributed by atoms with Crippen molar-refractivity contribution in [3.63, 3.8) is 0 Å². The summed E-state index contributed by atoms with van der Waals surface area (Å²) in [4.78, 5) is 2.49. The van der Waals surface area contributed by atoms with Crippen molar-refractivity contribution in [2.45, 2.75) is 26.2 Å². The van der Waals surface area contributed by atoms with E-state index in [9.17, 15) is 17.6 Å². The molecule has 0 atom stereocenters. The summed E-state index contributed by atoms with van der Waals surface area (Å²) in [5.41, 5.74) is -0.835. The van der Waals surface area contributed by atoms with E-state index in [0.717, 1.165) is 19.3 Å². The van der Waals surface area contributed by atoms with Crippen LogP contribution in [-0.2, 0) is 0 Å². The lowest BCUT2D eigenvalue weighted by Gasteiger charge is -2.38. The molecule has 2 rings (SSSR count). The second-order valence-corrected chi connectivity index (χ2v) is 4.71. The molecule has 94 valence electrons. The van der Waals surface area contributed by atoms with Crippen LogP contribution in [0.25, 0.3) is 0 Å². The van der Waals surface area contributed by atoms with Crippen LogP contribution in [0.4, 0.5) is 23.2 Å². The van der Waals surface area contributed by atoms with Crippen molar-refractivity contribution >= 4 is 5.69 Å². The summed E-state index contributed by atoms with van der Waals surface area (Å²) >= 11 is 0. The summed E-state index contributed by atoms with van der Waals surface area (Å²) in [6, 6.07) is 0. The fourth-order valence-corrected chi connectivity index (χ4v) is 1.90. The molecule has 1 aliphatic rings. The van der Waals surface area contributed by atoms with Crippen molar-refractivity contribution in [2.24, 2.45) is 5.41 Å². The molecule has 1 heterocycles. The van der Waals surface area contributed by atoms with Gasteiger partial charge in [-0.15, -0.1) is 0 Å². The highest BCUT2D eigenvalue weighted by Crippen LogP contribution is 2.40. The normalized spacial score (nSPS) is 17.7. The Kier molecular flexibility index (Phi) is 2.97. The molecule has 2 nitrogen and oxygen atoms in total. The minimum absolute atomic E-state index is 0.0604. The molecule has 0 radical (unpaired) electrons. The highest BCUT2D eigenvalue weighted by Gasteiger charge is 2.32. The SMILES string of the molecule is CC1(CNc2c(F)c(F)nc(F)c2F)CCC1. The molecule has 1 fully saturated rings. The number of anilines is 1. The Labute approximate surface area is 96.0 Å². The van der Waals surface area contributed by atoms with Crippen LogP contribution < -0.4 is 5.32 Å². The molecular formula is C11H12F4N2. The van der Waals surface area contributed by atoms with Gasteiger partial charge in [0.05, 0.1) is 0 Å². The molecule has 0 unspecified atom stereocenters. The topological polar surface area (TPSA) is 24.9 Å². The Morgan fingerprint density at radius 3 is 2.06 bits per heavy atom. The summed E-state index contributed by atoms with van der Waals surface area (Å²) in [6.07, 6.45) is 2.92. The minimum atomic E-state index is -1.63. The van der Waals surface area contributed by atoms with Crippen molar-refractivity contribution in [1.82, 2.24) is 4.98 Å². The zero-order valence-electron chi connectivity index (χ0n) is 9.29. The summed E-state index contributed by atoms with van der Waals surface area (Å²) in [5.74, 6) is -6.23. The Hall–Kier alpha value is -1.33. The summed E-state index contributed by atoms with van der Waals surface area (Å²) < 4.78 is 52.1. The number of hydrogen-bond acceptors (Lipinski definition) is 2. The number of nitrogens with one attached hydrogen (secondary N) is 1. The molecule has 17 heavy (non-hydrogen) atoms. The van der Waals surface area contributed by atoms with Crippen LogP contribution in [0.15, 0.2) is 0 Å². The van der Waals surface area contributed by atoms with E-state index in [-0.39, 0.29) is 12.0 Å². The third-order valence-corrected chi connectivity index (χ3v) is 3.25. The monoisotopic (exact) mass is 248 g/mol. The van der Waals surface area contributed by atoms with Gasteiger partial charge in [-0.05, 0) is 18.3 Å². The van der Waals surface area contributed by atoms with Gasteiger partial charge in [0.2, 0.25) is 11.6 Å². The molecule has 1 aliphatic carbocycles. The number of hydrogen-bond donors (Lipinski definition) is 1. The molecule has 0 amide bonds. The summed E-state index contributed by atoms with van der Waals surface area (Å²) in [6.45, 7) is 2.23. The number of aromatic nitrogens is 1. The molecule has 1 saturated carbocycles. The molecule has 0 aromatic carbocycles. The molecule has 1 N–H and O–H groups in total. The van der Waals surface area contributed by atoms with E-state index in [2.05, 4.69) is 10.3 Å². The van der Waals surface area contributed by atoms with Gasteiger partial charge >= 0.3 is 0 Å². The largest absolute Gasteiger partial charge is 0.379 e. The summed E-state index contributed by atoms with van der Waals surface area (Å²) in [7, 11) is 0. The maximum Gasteiger partial charge on any atom is 0.253 e. The Morgan fingerprint density at radius 2 is 1.65 bits per heavy atom. The van der Waals surface area contributed by atoms with Crippen LogP contribution in [0, 0.1) is 28.9 Å². The Morgan fingerprint density at radius 1 is 1.12 bits per heavy atom. The number of halogens is 4. The van der Waals surface area contributed by atoms with Crippen molar-refractivity contribution in [3.05, 3.63) is 23.5 Å². The van der Waals surface area contributed by atoms with E-state index in [0.29, 0.717) is 0 Å². The predicted molar refractivity (Wildman–Crippen MR) is 54.5 cm³/mol. The van der Waals surface area contributed by atoms with Gasteiger partial charge in [-0.1, -0.05) is 13.3 Å². The van der Waals surface area contributed by atoms with Gasteiger partial charge in [-0.25, -0.2) is 0 Å². The van der Waals surface area contributed by atoms with E-state index in [1.165, 1.54) is 0 Å². The maximum atomic E-state index is 13.2. The molecule has 0 spiro atoms. The predicted octanol–water partition coefficient (Wildman–Crippen LogP) is 3.24. The Balaban J connectivity index is 2.20. The van der Waals surface area contributed by atoms with E-state index in [1.807, 2.05) is 6.92 Å². The summed E-state index contributed by atoms with van der Waals surface area (Å²) in [5, 5.41) is 2.44. The van der Waals surface area contributed by atoms with Crippen molar-refractivity contribution in [2.75, 3.05) is 11.9 Å². The smallest absolute Gasteiger partial charge is 0.253 e. The van der Waals surface area contributed by atoms with E-state index < -0.39 is 29.2 Å². The average Bonchev–Trinajstić information content (AvgIpc) is 2.24. The standard InChI is InChI=1S/C11H12F4N2/c1-11(3-2-4-11)5-16-8-6(12)9(14)17-10(15)7(8)13/h2-5H2,1H3,(H,16,17). The number of nitrogens with zero attached hydrogens (tertiary/aromatic N) is 1. The van der Waals surface area contributed by atoms with Gasteiger partial charge < -0.3 is 5.32 Å². The van der Waals surface area contributed by atoms with Gasteiger partial charge in [0.15, 0.2) is 0 Å². The van der Waals surface area contributed by atoms with E-state index in [4.69, 9.17) is 0 Å². The second kappa shape index (κ2) is 4.16. The van der Waals surface area contributed by atoms with Crippen molar-refractivity contribution in [3.8, 4) is 0 Å². The molecule has 1 aromatic rings. The molecule has 0 saturated heterocycles. The first-order valence-electron chi connectivity index (χ1n) is 5.37. The van der Waals surface area contributed by atoms with Crippen molar-refractivity contribution < 1.29 is 17.6 Å². The van der Waals surface area contributed by atoms with E-state index >= 15 is 0 Å². The number of pyridine rings is 1. The van der Waals surface area contributed by atoms with Gasteiger partial charge in [0, 0.05) is 6.54 Å². The molecule has 0 bridgehead atoms. The third-order valence-electron chi connectivity index (χ3n) is 3.25. The molecular weight excluding hydrogens is 236 g/mol. The first-order chi connectivity index (χ1) is 7.93. The third kappa shape index (κ3) is 2.21. The van der Waals surface area contributed by atoms with Crippen LogP contribution in [0.1, 0.15) is 26.2 Å². The second-order valence-electron chi connectivity index (χ2n) is 4.71. The first-order valence-corrected chi connectivity index (χ1v) is 5.37. The highest BCUT2D eigenvalue weighted by atomic mass is 19.2. The van der Waals surface area contributed by atoms with E-state index in [1.54, 1.807) is 0 Å². The fourth-order valence-electron chi connectivity index (χ4n) is 1.90. The lowest BCUT2D eigenvalue weighted by Crippen LogP contribution is -2.33. The average molecular weight is 248 g/mol.